The zero-order valence-corrected chi connectivity index (χ0v) is 13.0. The van der Waals surface area contributed by atoms with Crippen LogP contribution in [0.25, 0.3) is 5.69 Å². The van der Waals surface area contributed by atoms with E-state index in [0.29, 0.717) is 17.1 Å². The van der Waals surface area contributed by atoms with Crippen LogP contribution in [0.1, 0.15) is 27.6 Å². The molecule has 25 heavy (non-hydrogen) atoms. The highest BCUT2D eigenvalue weighted by molar-refractivity contribution is 6.23. The number of ether oxygens (including phenoxy) is 1. The van der Waals surface area contributed by atoms with Crippen molar-refractivity contribution in [3.8, 4) is 11.4 Å². The SMILES string of the molecule is CC1Oc2ccc(-n3c(N)c4c(cc3=O)C(=O)NC4=O)cc2NC1=O. The Morgan fingerprint density at radius 2 is 1.84 bits per heavy atom. The van der Waals surface area contributed by atoms with Crippen LogP contribution < -0.4 is 26.7 Å². The fourth-order valence-electron chi connectivity index (χ4n) is 2.88. The van der Waals surface area contributed by atoms with Crippen molar-refractivity contribution in [2.75, 3.05) is 11.1 Å². The lowest BCUT2D eigenvalue weighted by atomic mass is 10.1. The lowest BCUT2D eigenvalue weighted by Crippen LogP contribution is -2.34. The van der Waals surface area contributed by atoms with Crippen LogP contribution in [0, 0.1) is 0 Å². The molecule has 3 amide bonds. The van der Waals surface area contributed by atoms with E-state index in [1.54, 1.807) is 19.1 Å². The van der Waals surface area contributed by atoms with Crippen molar-refractivity contribution in [2.45, 2.75) is 13.0 Å². The molecule has 126 valence electrons. The summed E-state index contributed by atoms with van der Waals surface area (Å²) in [7, 11) is 0. The van der Waals surface area contributed by atoms with Gasteiger partial charge in [0.1, 0.15) is 11.6 Å². The van der Waals surface area contributed by atoms with E-state index in [9.17, 15) is 19.2 Å². The van der Waals surface area contributed by atoms with Gasteiger partial charge in [0.05, 0.1) is 22.5 Å². The molecule has 9 nitrogen and oxygen atoms in total. The van der Waals surface area contributed by atoms with Crippen LogP contribution in [0.15, 0.2) is 29.1 Å². The number of imide groups is 1. The van der Waals surface area contributed by atoms with E-state index in [2.05, 4.69) is 10.6 Å². The smallest absolute Gasteiger partial charge is 0.265 e. The molecule has 3 heterocycles. The van der Waals surface area contributed by atoms with Gasteiger partial charge in [-0.25, -0.2) is 0 Å². The number of pyridine rings is 1. The van der Waals surface area contributed by atoms with E-state index in [0.717, 1.165) is 10.6 Å². The number of benzene rings is 1. The quantitative estimate of drug-likeness (QED) is 0.627. The molecule has 9 heteroatoms. The predicted molar refractivity (Wildman–Crippen MR) is 87.0 cm³/mol. The van der Waals surface area contributed by atoms with E-state index >= 15 is 0 Å². The van der Waals surface area contributed by atoms with Gasteiger partial charge in [-0.05, 0) is 25.1 Å². The minimum absolute atomic E-state index is 0.0452. The molecule has 1 unspecified atom stereocenters. The van der Waals surface area contributed by atoms with Gasteiger partial charge in [0.2, 0.25) is 0 Å². The van der Waals surface area contributed by atoms with Crippen LogP contribution in [-0.4, -0.2) is 28.4 Å². The molecule has 2 aromatic rings. The first-order chi connectivity index (χ1) is 11.9. The molecule has 0 radical (unpaired) electrons. The second-order valence-corrected chi connectivity index (χ2v) is 5.70. The third-order valence-corrected chi connectivity index (χ3v) is 4.11. The first-order valence-corrected chi connectivity index (χ1v) is 7.40. The third kappa shape index (κ3) is 2.09. The summed E-state index contributed by atoms with van der Waals surface area (Å²) in [6.45, 7) is 1.62. The Labute approximate surface area is 140 Å². The number of hydrogen-bond acceptors (Lipinski definition) is 6. The van der Waals surface area contributed by atoms with E-state index in [4.69, 9.17) is 10.5 Å². The second kappa shape index (κ2) is 4.94. The molecule has 0 bridgehead atoms. The molecule has 1 atom stereocenters. The van der Waals surface area contributed by atoms with Crippen molar-refractivity contribution < 1.29 is 19.1 Å². The lowest BCUT2D eigenvalue weighted by molar-refractivity contribution is -0.122. The van der Waals surface area contributed by atoms with Crippen molar-refractivity contribution in [1.82, 2.24) is 9.88 Å². The summed E-state index contributed by atoms with van der Waals surface area (Å²) >= 11 is 0. The maximum Gasteiger partial charge on any atom is 0.265 e. The Morgan fingerprint density at radius 3 is 2.60 bits per heavy atom. The Bertz CT molecular complexity index is 1040. The molecule has 1 aromatic carbocycles. The Balaban J connectivity index is 1.90. The number of fused-ring (bicyclic) bond motifs is 2. The van der Waals surface area contributed by atoms with E-state index < -0.39 is 23.5 Å². The third-order valence-electron chi connectivity index (χ3n) is 4.11. The zero-order valence-electron chi connectivity index (χ0n) is 13.0. The normalized spacial score (nSPS) is 18.1. The summed E-state index contributed by atoms with van der Waals surface area (Å²) in [6, 6.07) is 5.73. The van der Waals surface area contributed by atoms with Crippen LogP contribution in [0.4, 0.5) is 11.5 Å². The molecule has 0 saturated heterocycles. The van der Waals surface area contributed by atoms with Crippen molar-refractivity contribution in [3.63, 3.8) is 0 Å². The summed E-state index contributed by atoms with van der Waals surface area (Å²) < 4.78 is 6.56. The molecule has 0 fully saturated rings. The van der Waals surface area contributed by atoms with E-state index in [1.807, 2.05) is 0 Å². The van der Waals surface area contributed by atoms with Gasteiger partial charge >= 0.3 is 0 Å². The van der Waals surface area contributed by atoms with Gasteiger partial charge < -0.3 is 15.8 Å². The van der Waals surface area contributed by atoms with Crippen LogP contribution in [-0.2, 0) is 4.79 Å². The standard InChI is InChI=1S/C16H12N4O5/c1-6-14(22)18-9-4-7(2-3-10(9)25-6)20-11(21)5-8-12(13(20)17)16(24)19-15(8)23/h2-6H,17H2,1H3,(H,18,22)(H,19,23,24). The summed E-state index contributed by atoms with van der Waals surface area (Å²) in [5.41, 5.74) is 6.02. The monoisotopic (exact) mass is 340 g/mol. The Morgan fingerprint density at radius 1 is 1.08 bits per heavy atom. The Hall–Kier alpha value is -3.62. The molecular formula is C16H12N4O5. The lowest BCUT2D eigenvalue weighted by Gasteiger charge is -2.24. The number of carbonyl (C=O) groups excluding carboxylic acids is 3. The zero-order chi connectivity index (χ0) is 17.9. The predicted octanol–water partition coefficient (Wildman–Crippen LogP) is 0.0227. The number of nitrogens with zero attached hydrogens (tertiary/aromatic N) is 1. The van der Waals surface area contributed by atoms with Gasteiger partial charge in [-0.3, -0.25) is 29.1 Å². The summed E-state index contributed by atoms with van der Waals surface area (Å²) in [4.78, 5) is 47.7. The van der Waals surface area contributed by atoms with Crippen molar-refractivity contribution >= 4 is 29.2 Å². The molecule has 2 aliphatic heterocycles. The van der Waals surface area contributed by atoms with Crippen molar-refractivity contribution in [1.29, 1.82) is 0 Å². The van der Waals surface area contributed by atoms with Gasteiger partial charge in [-0.2, -0.15) is 0 Å². The van der Waals surface area contributed by atoms with Crippen LogP contribution in [0.2, 0.25) is 0 Å². The average molecular weight is 340 g/mol. The summed E-state index contributed by atoms with van der Waals surface area (Å²) in [5.74, 6) is -1.33. The molecular weight excluding hydrogens is 328 g/mol. The van der Waals surface area contributed by atoms with E-state index in [1.165, 1.54) is 6.07 Å². The average Bonchev–Trinajstić information content (AvgIpc) is 2.83. The van der Waals surface area contributed by atoms with Crippen LogP contribution >= 0.6 is 0 Å². The number of amides is 3. The highest BCUT2D eigenvalue weighted by atomic mass is 16.5. The number of nitrogen functional groups attached to an aromatic ring is 1. The maximum atomic E-state index is 12.4. The fourth-order valence-corrected chi connectivity index (χ4v) is 2.88. The number of rotatable bonds is 1. The number of nitrogens with two attached hydrogens (primary N) is 1. The van der Waals surface area contributed by atoms with Crippen LogP contribution in [0.5, 0.6) is 5.75 Å². The van der Waals surface area contributed by atoms with Crippen LogP contribution in [0.3, 0.4) is 0 Å². The van der Waals surface area contributed by atoms with Gasteiger partial charge in [0.25, 0.3) is 23.3 Å². The summed E-state index contributed by atoms with van der Waals surface area (Å²) in [6.07, 6.45) is -0.624. The topological polar surface area (TPSA) is 133 Å². The summed E-state index contributed by atoms with van der Waals surface area (Å²) in [5, 5.41) is 4.78. The first kappa shape index (κ1) is 14.9. The van der Waals surface area contributed by atoms with Gasteiger partial charge in [0.15, 0.2) is 6.10 Å². The molecule has 4 N–H and O–H groups in total. The molecule has 2 aliphatic rings. The number of aromatic nitrogens is 1. The van der Waals surface area contributed by atoms with Gasteiger partial charge in [-0.1, -0.05) is 0 Å². The first-order valence-electron chi connectivity index (χ1n) is 7.40. The largest absolute Gasteiger partial charge is 0.479 e. The Kier molecular flexibility index (Phi) is 2.95. The number of carbonyl (C=O) groups is 3. The minimum Gasteiger partial charge on any atom is -0.479 e. The molecule has 0 saturated carbocycles. The highest BCUT2D eigenvalue weighted by Crippen LogP contribution is 2.32. The molecule has 0 aliphatic carbocycles. The second-order valence-electron chi connectivity index (χ2n) is 5.70. The van der Waals surface area contributed by atoms with Gasteiger partial charge in [-0.15, -0.1) is 0 Å². The van der Waals surface area contributed by atoms with Crippen molar-refractivity contribution in [3.05, 3.63) is 45.7 Å². The number of anilines is 2. The number of nitrogens with one attached hydrogen (secondary N) is 2. The molecule has 0 spiro atoms. The number of hydrogen-bond donors (Lipinski definition) is 3. The maximum absolute atomic E-state index is 12.4. The fraction of sp³-hybridized carbons (Fsp3) is 0.125. The van der Waals surface area contributed by atoms with E-state index in [-0.39, 0.29) is 22.9 Å². The van der Waals surface area contributed by atoms with Gasteiger partial charge in [0, 0.05) is 6.07 Å². The van der Waals surface area contributed by atoms with Crippen molar-refractivity contribution in [2.24, 2.45) is 0 Å². The minimum atomic E-state index is -0.658. The highest BCUT2D eigenvalue weighted by Gasteiger charge is 2.32. The molecule has 4 rings (SSSR count). The molecule has 1 aromatic heterocycles.